The van der Waals surface area contributed by atoms with E-state index in [0.717, 1.165) is 29.7 Å². The molecule has 2 heterocycles. The van der Waals surface area contributed by atoms with Gasteiger partial charge in [-0.15, -0.1) is 16.4 Å². The maximum atomic E-state index is 5.58. The summed E-state index contributed by atoms with van der Waals surface area (Å²) in [4.78, 5) is 1.32. The molecule has 2 rings (SSSR count). The van der Waals surface area contributed by atoms with Gasteiger partial charge in [0, 0.05) is 11.4 Å². The van der Waals surface area contributed by atoms with E-state index in [4.69, 9.17) is 4.42 Å². The highest BCUT2D eigenvalue weighted by atomic mass is 79.9. The first-order valence-corrected chi connectivity index (χ1v) is 8.35. The molecule has 1 unspecified atom stereocenters. The van der Waals surface area contributed by atoms with Crippen molar-refractivity contribution in [2.45, 2.75) is 32.7 Å². The third-order valence-corrected chi connectivity index (χ3v) is 4.47. The number of hydrogen-bond acceptors (Lipinski definition) is 6. The van der Waals surface area contributed by atoms with Crippen molar-refractivity contribution in [1.82, 2.24) is 15.5 Å². The molecule has 1 atom stereocenters. The van der Waals surface area contributed by atoms with Crippen LogP contribution in [0.2, 0.25) is 0 Å². The van der Waals surface area contributed by atoms with Crippen LogP contribution in [0.25, 0.3) is 0 Å². The van der Waals surface area contributed by atoms with Gasteiger partial charge in [0.15, 0.2) is 0 Å². The van der Waals surface area contributed by atoms with E-state index in [1.807, 2.05) is 6.92 Å². The zero-order valence-electron chi connectivity index (χ0n) is 11.6. The summed E-state index contributed by atoms with van der Waals surface area (Å²) in [5.74, 6) is 0.625. The molecule has 0 saturated carbocycles. The van der Waals surface area contributed by atoms with Gasteiger partial charge in [-0.25, -0.2) is 0 Å². The molecule has 0 aliphatic heterocycles. The molecule has 0 aromatic carbocycles. The second-order valence-corrected chi connectivity index (χ2v) is 7.05. The van der Waals surface area contributed by atoms with Crippen LogP contribution in [-0.4, -0.2) is 23.3 Å². The first-order chi connectivity index (χ1) is 9.69. The summed E-state index contributed by atoms with van der Waals surface area (Å²) in [5.41, 5.74) is 0. The Bertz CT molecular complexity index is 528. The molecule has 20 heavy (non-hydrogen) atoms. The normalized spacial score (nSPS) is 12.6. The van der Waals surface area contributed by atoms with Gasteiger partial charge < -0.3 is 15.1 Å². The van der Waals surface area contributed by atoms with Crippen molar-refractivity contribution in [3.05, 3.63) is 26.7 Å². The molecule has 0 radical (unpaired) electrons. The number of nitrogens with zero attached hydrogens (tertiary/aromatic N) is 2. The van der Waals surface area contributed by atoms with E-state index in [1.165, 1.54) is 4.88 Å². The van der Waals surface area contributed by atoms with Gasteiger partial charge in [0.05, 0.1) is 9.83 Å². The van der Waals surface area contributed by atoms with Crippen LogP contribution in [-0.2, 0) is 6.42 Å². The van der Waals surface area contributed by atoms with Crippen LogP contribution in [0.4, 0.5) is 6.01 Å². The third-order valence-electron chi connectivity index (χ3n) is 2.79. The van der Waals surface area contributed by atoms with Crippen molar-refractivity contribution >= 4 is 33.3 Å². The smallest absolute Gasteiger partial charge is 0.315 e. The molecule has 2 aromatic rings. The highest BCUT2D eigenvalue weighted by molar-refractivity contribution is 9.11. The molecule has 0 aliphatic carbocycles. The first-order valence-electron chi connectivity index (χ1n) is 6.74. The molecular formula is C13H19BrN4OS. The minimum Gasteiger partial charge on any atom is -0.406 e. The summed E-state index contributed by atoms with van der Waals surface area (Å²) in [6, 6.07) is 4.75. The third kappa shape index (κ3) is 4.57. The number of hydrogen-bond donors (Lipinski definition) is 2. The van der Waals surface area contributed by atoms with E-state index in [9.17, 15) is 0 Å². The first kappa shape index (κ1) is 15.5. The van der Waals surface area contributed by atoms with Crippen molar-refractivity contribution in [2.24, 2.45) is 0 Å². The van der Waals surface area contributed by atoms with Gasteiger partial charge in [-0.2, -0.15) is 0 Å². The maximum absolute atomic E-state index is 5.58. The average Bonchev–Trinajstić information content (AvgIpc) is 3.05. The lowest BCUT2D eigenvalue weighted by molar-refractivity contribution is 0.423. The van der Waals surface area contributed by atoms with Crippen LogP contribution < -0.4 is 10.6 Å². The molecule has 0 bridgehead atoms. The number of nitrogens with one attached hydrogen (secondary N) is 2. The zero-order valence-corrected chi connectivity index (χ0v) is 14.1. The van der Waals surface area contributed by atoms with E-state index in [-0.39, 0.29) is 6.04 Å². The highest BCUT2D eigenvalue weighted by Gasteiger charge is 2.12. The molecule has 0 saturated heterocycles. The Morgan fingerprint density at radius 1 is 1.35 bits per heavy atom. The lowest BCUT2D eigenvalue weighted by atomic mass is 10.3. The number of halogens is 1. The predicted octanol–water partition coefficient (Wildman–Crippen LogP) is 3.61. The summed E-state index contributed by atoms with van der Waals surface area (Å²) in [6.45, 7) is 5.88. The van der Waals surface area contributed by atoms with E-state index in [2.05, 4.69) is 55.8 Å². The van der Waals surface area contributed by atoms with Crippen LogP contribution in [0.15, 0.2) is 20.3 Å². The number of rotatable bonds is 8. The Labute approximate surface area is 131 Å². The van der Waals surface area contributed by atoms with E-state index >= 15 is 0 Å². The van der Waals surface area contributed by atoms with Gasteiger partial charge in [0.25, 0.3) is 0 Å². The van der Waals surface area contributed by atoms with Crippen LogP contribution in [0, 0.1) is 0 Å². The second-order valence-electron chi connectivity index (χ2n) is 4.50. The summed E-state index contributed by atoms with van der Waals surface area (Å²) in [7, 11) is 0. The van der Waals surface area contributed by atoms with E-state index in [1.54, 1.807) is 11.3 Å². The molecule has 2 N–H and O–H groups in total. The zero-order chi connectivity index (χ0) is 14.4. The van der Waals surface area contributed by atoms with Gasteiger partial charge in [-0.05, 0) is 54.4 Å². The lowest BCUT2D eigenvalue weighted by Gasteiger charge is -2.07. The van der Waals surface area contributed by atoms with Crippen molar-refractivity contribution in [3.63, 3.8) is 0 Å². The predicted molar refractivity (Wildman–Crippen MR) is 85.2 cm³/mol. The Hall–Kier alpha value is -0.920. The quantitative estimate of drug-likeness (QED) is 0.754. The molecule has 110 valence electrons. The molecule has 0 amide bonds. The Morgan fingerprint density at radius 2 is 2.20 bits per heavy atom. The lowest BCUT2D eigenvalue weighted by Crippen LogP contribution is -2.19. The molecular weight excluding hydrogens is 340 g/mol. The monoisotopic (exact) mass is 358 g/mol. The molecule has 7 heteroatoms. The molecule has 0 aliphatic rings. The minimum absolute atomic E-state index is 0.0891. The van der Waals surface area contributed by atoms with Gasteiger partial charge in [0.1, 0.15) is 0 Å². The fourth-order valence-corrected chi connectivity index (χ4v) is 3.19. The van der Waals surface area contributed by atoms with Crippen LogP contribution in [0.1, 0.15) is 37.1 Å². The summed E-state index contributed by atoms with van der Waals surface area (Å²) in [5, 5.41) is 14.5. The summed E-state index contributed by atoms with van der Waals surface area (Å²) in [6.07, 6.45) is 2.03. The van der Waals surface area contributed by atoms with Gasteiger partial charge >= 0.3 is 6.01 Å². The maximum Gasteiger partial charge on any atom is 0.315 e. The minimum atomic E-state index is 0.0891. The molecule has 0 fully saturated rings. The fourth-order valence-electron chi connectivity index (χ4n) is 1.71. The van der Waals surface area contributed by atoms with Gasteiger partial charge in [-0.3, -0.25) is 0 Å². The van der Waals surface area contributed by atoms with Gasteiger partial charge in [0.2, 0.25) is 5.89 Å². The van der Waals surface area contributed by atoms with Gasteiger partial charge in [-0.1, -0.05) is 12.0 Å². The van der Waals surface area contributed by atoms with Crippen LogP contribution in [0.5, 0.6) is 0 Å². The Balaban J connectivity index is 1.77. The Kier molecular flexibility index (Phi) is 6.00. The summed E-state index contributed by atoms with van der Waals surface area (Å²) >= 11 is 5.20. The molecule has 2 aromatic heterocycles. The topological polar surface area (TPSA) is 63.0 Å². The van der Waals surface area contributed by atoms with Crippen molar-refractivity contribution in [2.75, 3.05) is 18.4 Å². The number of anilines is 1. The van der Waals surface area contributed by atoms with E-state index in [0.29, 0.717) is 11.9 Å². The summed E-state index contributed by atoms with van der Waals surface area (Å²) < 4.78 is 6.74. The number of thiophene rings is 1. The fraction of sp³-hybridized carbons (Fsp3) is 0.538. The molecule has 5 nitrogen and oxygen atoms in total. The average molecular weight is 359 g/mol. The standard InChI is InChI=1S/C13H19BrN4OS/c1-3-7-15-9(2)12-17-18-13(19-12)16-8-6-10-4-5-11(14)20-10/h4-5,9,15H,3,6-8H2,1-2H3,(H,16,18). The van der Waals surface area contributed by atoms with Crippen molar-refractivity contribution < 1.29 is 4.42 Å². The second kappa shape index (κ2) is 7.75. The Morgan fingerprint density at radius 3 is 2.90 bits per heavy atom. The van der Waals surface area contributed by atoms with Crippen molar-refractivity contribution in [1.29, 1.82) is 0 Å². The van der Waals surface area contributed by atoms with Crippen LogP contribution in [0.3, 0.4) is 0 Å². The largest absolute Gasteiger partial charge is 0.406 e. The molecule has 0 spiro atoms. The van der Waals surface area contributed by atoms with E-state index < -0.39 is 0 Å². The highest BCUT2D eigenvalue weighted by Crippen LogP contribution is 2.22. The SMILES string of the molecule is CCCNC(C)c1nnc(NCCc2ccc(Br)s2)o1. The van der Waals surface area contributed by atoms with Crippen LogP contribution >= 0.6 is 27.3 Å². The number of aromatic nitrogens is 2. The van der Waals surface area contributed by atoms with Crippen molar-refractivity contribution in [3.8, 4) is 0 Å².